The molecule has 0 unspecified atom stereocenters. The van der Waals surface area contributed by atoms with Gasteiger partial charge >= 0.3 is 0 Å². The first-order valence-electron chi connectivity index (χ1n) is 5.46. The van der Waals surface area contributed by atoms with Crippen LogP contribution in [0.2, 0.25) is 0 Å². The van der Waals surface area contributed by atoms with E-state index in [9.17, 15) is 9.59 Å². The maximum Gasteiger partial charge on any atom is 0.253 e. The zero-order chi connectivity index (χ0) is 12.8. The molecule has 0 saturated carbocycles. The van der Waals surface area contributed by atoms with E-state index in [0.29, 0.717) is 30.5 Å². The van der Waals surface area contributed by atoms with Gasteiger partial charge in [0.1, 0.15) is 0 Å². The molecule has 1 aromatic rings. The van der Waals surface area contributed by atoms with Crippen LogP contribution in [0, 0.1) is 0 Å². The predicted octanol–water partition coefficient (Wildman–Crippen LogP) is 1.78. The molecule has 5 heteroatoms. The van der Waals surface area contributed by atoms with E-state index in [1.54, 1.807) is 11.0 Å². The standard InChI is InChI=1S/C12H16N2O3/c1-3-14(4-2)12(16)9-5-6-10(8-15)11(7-9)13-17/h5-8,13,17H,3-4H2,1-2H3. The minimum atomic E-state index is -0.121. The number of hydrogen-bond acceptors (Lipinski definition) is 4. The van der Waals surface area contributed by atoms with E-state index in [-0.39, 0.29) is 11.6 Å². The normalized spacial score (nSPS) is 9.82. The van der Waals surface area contributed by atoms with Gasteiger partial charge in [-0.05, 0) is 32.0 Å². The Kier molecular flexibility index (Phi) is 4.66. The first-order valence-corrected chi connectivity index (χ1v) is 5.46. The fraction of sp³-hybridized carbons (Fsp3) is 0.333. The van der Waals surface area contributed by atoms with E-state index < -0.39 is 0 Å². The number of amides is 1. The van der Waals surface area contributed by atoms with Crippen molar-refractivity contribution in [3.8, 4) is 0 Å². The molecule has 2 N–H and O–H groups in total. The lowest BCUT2D eigenvalue weighted by Crippen LogP contribution is -2.30. The Morgan fingerprint density at radius 2 is 2.06 bits per heavy atom. The summed E-state index contributed by atoms with van der Waals surface area (Å²) in [6.45, 7) is 5.03. The van der Waals surface area contributed by atoms with Crippen LogP contribution in [0.5, 0.6) is 0 Å². The number of nitrogens with zero attached hydrogens (tertiary/aromatic N) is 1. The van der Waals surface area contributed by atoms with Crippen LogP contribution in [0.3, 0.4) is 0 Å². The van der Waals surface area contributed by atoms with Crippen molar-refractivity contribution in [2.45, 2.75) is 13.8 Å². The fourth-order valence-corrected chi connectivity index (χ4v) is 1.58. The number of carbonyl (C=O) groups is 2. The molecule has 1 rings (SSSR count). The summed E-state index contributed by atoms with van der Waals surface area (Å²) in [5.41, 5.74) is 2.90. The number of hydrogen-bond donors (Lipinski definition) is 2. The van der Waals surface area contributed by atoms with Crippen LogP contribution in [-0.4, -0.2) is 35.4 Å². The molecule has 0 bridgehead atoms. The van der Waals surface area contributed by atoms with Gasteiger partial charge in [-0.1, -0.05) is 0 Å². The minimum Gasteiger partial charge on any atom is -0.339 e. The van der Waals surface area contributed by atoms with E-state index in [0.717, 1.165) is 0 Å². The quantitative estimate of drug-likeness (QED) is 0.604. The van der Waals surface area contributed by atoms with E-state index in [4.69, 9.17) is 5.21 Å². The van der Waals surface area contributed by atoms with Crippen molar-refractivity contribution in [1.82, 2.24) is 4.90 Å². The molecule has 0 heterocycles. The number of aldehydes is 1. The monoisotopic (exact) mass is 236 g/mol. The summed E-state index contributed by atoms with van der Waals surface area (Å²) in [5, 5.41) is 8.87. The maximum absolute atomic E-state index is 12.0. The topological polar surface area (TPSA) is 69.6 Å². The maximum atomic E-state index is 12.0. The summed E-state index contributed by atoms with van der Waals surface area (Å²) in [7, 11) is 0. The lowest BCUT2D eigenvalue weighted by Gasteiger charge is -2.19. The second kappa shape index (κ2) is 6.00. The second-order valence-electron chi connectivity index (χ2n) is 3.51. The Bertz CT molecular complexity index is 414. The van der Waals surface area contributed by atoms with Crippen LogP contribution in [-0.2, 0) is 0 Å². The number of carbonyl (C=O) groups excluding carboxylic acids is 2. The van der Waals surface area contributed by atoms with E-state index in [1.807, 2.05) is 19.3 Å². The second-order valence-corrected chi connectivity index (χ2v) is 3.51. The molecule has 0 aliphatic carbocycles. The predicted molar refractivity (Wildman–Crippen MR) is 64.5 cm³/mol. The molecule has 1 aromatic carbocycles. The molecule has 0 aromatic heterocycles. The van der Waals surface area contributed by atoms with Crippen molar-refractivity contribution in [3.05, 3.63) is 29.3 Å². The molecule has 1 amide bonds. The first-order chi connectivity index (χ1) is 8.17. The summed E-state index contributed by atoms with van der Waals surface area (Å²) in [6.07, 6.45) is 0.615. The summed E-state index contributed by atoms with van der Waals surface area (Å²) in [5.74, 6) is -0.121. The van der Waals surface area contributed by atoms with Crippen LogP contribution in [0.1, 0.15) is 34.6 Å². The van der Waals surface area contributed by atoms with E-state index in [2.05, 4.69) is 0 Å². The highest BCUT2D eigenvalue weighted by Crippen LogP contribution is 2.16. The minimum absolute atomic E-state index is 0.121. The highest BCUT2D eigenvalue weighted by Gasteiger charge is 2.14. The molecule has 0 aliphatic heterocycles. The summed E-state index contributed by atoms with van der Waals surface area (Å²) < 4.78 is 0. The third-order valence-electron chi connectivity index (χ3n) is 2.60. The zero-order valence-corrected chi connectivity index (χ0v) is 9.93. The van der Waals surface area contributed by atoms with Gasteiger partial charge in [0, 0.05) is 24.2 Å². The van der Waals surface area contributed by atoms with Gasteiger partial charge < -0.3 is 4.90 Å². The fourth-order valence-electron chi connectivity index (χ4n) is 1.58. The van der Waals surface area contributed by atoms with Gasteiger partial charge in [0.2, 0.25) is 0 Å². The number of anilines is 1. The van der Waals surface area contributed by atoms with Gasteiger partial charge in [-0.3, -0.25) is 20.3 Å². The SMILES string of the molecule is CCN(CC)C(=O)c1ccc(C=O)c(NO)c1. The molecule has 0 aliphatic rings. The Labute approximate surface area is 100 Å². The molecule has 0 radical (unpaired) electrons. The molecular formula is C12H16N2O3. The van der Waals surface area contributed by atoms with Gasteiger partial charge in [-0.25, -0.2) is 0 Å². The van der Waals surface area contributed by atoms with Crippen LogP contribution in [0.4, 0.5) is 5.69 Å². The number of rotatable bonds is 5. The molecule has 92 valence electrons. The number of benzene rings is 1. The molecule has 0 atom stereocenters. The number of nitrogens with one attached hydrogen (secondary N) is 1. The van der Waals surface area contributed by atoms with Crippen molar-refractivity contribution in [3.63, 3.8) is 0 Å². The molecule has 0 saturated heterocycles. The Morgan fingerprint density at radius 1 is 1.41 bits per heavy atom. The lowest BCUT2D eigenvalue weighted by atomic mass is 10.1. The van der Waals surface area contributed by atoms with Crippen LogP contribution >= 0.6 is 0 Å². The van der Waals surface area contributed by atoms with Gasteiger partial charge in [0.15, 0.2) is 6.29 Å². The Morgan fingerprint density at radius 3 is 2.53 bits per heavy atom. The smallest absolute Gasteiger partial charge is 0.253 e. The Balaban J connectivity index is 3.07. The molecule has 5 nitrogen and oxygen atoms in total. The molecule has 17 heavy (non-hydrogen) atoms. The van der Waals surface area contributed by atoms with Gasteiger partial charge in [0.25, 0.3) is 5.91 Å². The zero-order valence-electron chi connectivity index (χ0n) is 9.93. The van der Waals surface area contributed by atoms with Gasteiger partial charge in [-0.2, -0.15) is 0 Å². The first kappa shape index (κ1) is 13.2. The summed E-state index contributed by atoms with van der Waals surface area (Å²) in [4.78, 5) is 24.3. The van der Waals surface area contributed by atoms with Crippen molar-refractivity contribution in [2.24, 2.45) is 0 Å². The van der Waals surface area contributed by atoms with E-state index in [1.165, 1.54) is 12.1 Å². The van der Waals surface area contributed by atoms with E-state index >= 15 is 0 Å². The highest BCUT2D eigenvalue weighted by molar-refractivity contribution is 5.97. The average molecular weight is 236 g/mol. The third kappa shape index (κ3) is 2.82. The summed E-state index contributed by atoms with van der Waals surface area (Å²) >= 11 is 0. The van der Waals surface area contributed by atoms with Crippen molar-refractivity contribution in [2.75, 3.05) is 18.6 Å². The Hall–Kier alpha value is -1.88. The van der Waals surface area contributed by atoms with Gasteiger partial charge in [-0.15, -0.1) is 0 Å². The van der Waals surface area contributed by atoms with Crippen molar-refractivity contribution in [1.29, 1.82) is 0 Å². The molecular weight excluding hydrogens is 220 g/mol. The average Bonchev–Trinajstić information content (AvgIpc) is 2.39. The van der Waals surface area contributed by atoms with Crippen LogP contribution in [0.15, 0.2) is 18.2 Å². The van der Waals surface area contributed by atoms with Crippen LogP contribution in [0.25, 0.3) is 0 Å². The largest absolute Gasteiger partial charge is 0.339 e. The highest BCUT2D eigenvalue weighted by atomic mass is 16.5. The van der Waals surface area contributed by atoms with Crippen molar-refractivity contribution >= 4 is 17.9 Å². The summed E-state index contributed by atoms with van der Waals surface area (Å²) in [6, 6.07) is 4.54. The third-order valence-corrected chi connectivity index (χ3v) is 2.60. The molecule has 0 spiro atoms. The van der Waals surface area contributed by atoms with Crippen LogP contribution < -0.4 is 5.48 Å². The lowest BCUT2D eigenvalue weighted by molar-refractivity contribution is 0.0772. The molecule has 0 fully saturated rings. The van der Waals surface area contributed by atoms with Crippen molar-refractivity contribution < 1.29 is 14.8 Å². The van der Waals surface area contributed by atoms with Gasteiger partial charge in [0.05, 0.1) is 5.69 Å².